The van der Waals surface area contributed by atoms with Crippen LogP contribution >= 0.6 is 0 Å². The van der Waals surface area contributed by atoms with Crippen molar-refractivity contribution in [2.45, 2.75) is 12.7 Å². The number of benzene rings is 1. The molecule has 1 atom stereocenters. The molecule has 18 heavy (non-hydrogen) atoms. The number of rotatable bonds is 5. The van der Waals surface area contributed by atoms with Gasteiger partial charge in [0.25, 0.3) is 0 Å². The topological polar surface area (TPSA) is 48.1 Å². The molecule has 2 rings (SSSR count). The number of ether oxygens (including phenoxy) is 1. The molecule has 0 spiro atoms. The third-order valence-corrected chi connectivity index (χ3v) is 2.69. The minimum Gasteiger partial charge on any atom is -0.367 e. The van der Waals surface area contributed by atoms with Gasteiger partial charge >= 0.3 is 0 Å². The summed E-state index contributed by atoms with van der Waals surface area (Å²) in [7, 11) is 0. The number of aromatic nitrogens is 1. The molecule has 0 amide bonds. The molecule has 0 fully saturated rings. The number of hydrogen-bond donors (Lipinski definition) is 1. The number of nitrogens with zero attached hydrogens (tertiary/aromatic N) is 1. The molecule has 0 saturated heterocycles. The first-order chi connectivity index (χ1) is 8.81. The maximum atomic E-state index is 13.4. The highest BCUT2D eigenvalue weighted by atomic mass is 19.1. The van der Waals surface area contributed by atoms with Crippen LogP contribution in [0.1, 0.15) is 17.2 Å². The maximum absolute atomic E-state index is 13.4. The predicted molar refractivity (Wildman–Crippen MR) is 67.2 cm³/mol. The van der Waals surface area contributed by atoms with Gasteiger partial charge in [-0.3, -0.25) is 4.98 Å². The van der Waals surface area contributed by atoms with E-state index in [2.05, 4.69) is 4.98 Å². The van der Waals surface area contributed by atoms with E-state index >= 15 is 0 Å². The van der Waals surface area contributed by atoms with Crippen molar-refractivity contribution in [2.75, 3.05) is 6.54 Å². The summed E-state index contributed by atoms with van der Waals surface area (Å²) in [5, 5.41) is 0. The van der Waals surface area contributed by atoms with Gasteiger partial charge in [0.05, 0.1) is 12.7 Å². The van der Waals surface area contributed by atoms with Gasteiger partial charge in [0, 0.05) is 24.5 Å². The summed E-state index contributed by atoms with van der Waals surface area (Å²) >= 11 is 0. The van der Waals surface area contributed by atoms with Crippen molar-refractivity contribution in [1.29, 1.82) is 0 Å². The second kappa shape index (κ2) is 6.23. The summed E-state index contributed by atoms with van der Waals surface area (Å²) in [6.45, 7) is 0.551. The normalized spacial score (nSPS) is 12.3. The van der Waals surface area contributed by atoms with Crippen LogP contribution in [-0.4, -0.2) is 11.5 Å². The van der Waals surface area contributed by atoms with Crippen molar-refractivity contribution in [3.63, 3.8) is 0 Å². The second-order valence-corrected chi connectivity index (χ2v) is 3.91. The van der Waals surface area contributed by atoms with E-state index in [1.54, 1.807) is 30.6 Å². The minimum absolute atomic E-state index is 0.205. The Morgan fingerprint density at radius 1 is 1.17 bits per heavy atom. The predicted octanol–water partition coefficient (Wildman–Crippen LogP) is 2.44. The zero-order chi connectivity index (χ0) is 12.8. The summed E-state index contributed by atoms with van der Waals surface area (Å²) in [4.78, 5) is 3.94. The van der Waals surface area contributed by atoms with Gasteiger partial charge < -0.3 is 10.5 Å². The zero-order valence-electron chi connectivity index (χ0n) is 9.92. The molecule has 2 N–H and O–H groups in total. The smallest absolute Gasteiger partial charge is 0.128 e. The Kier molecular flexibility index (Phi) is 4.39. The monoisotopic (exact) mass is 246 g/mol. The van der Waals surface area contributed by atoms with Gasteiger partial charge in [-0.1, -0.05) is 18.2 Å². The fourth-order valence-corrected chi connectivity index (χ4v) is 1.68. The third-order valence-electron chi connectivity index (χ3n) is 2.69. The standard InChI is InChI=1S/C14H15FN2O/c15-13-4-2-1-3-12(13)10-18-14(9-16)11-5-7-17-8-6-11/h1-8,14H,9-10,16H2. The second-order valence-electron chi connectivity index (χ2n) is 3.91. The Balaban J connectivity index is 2.02. The van der Waals surface area contributed by atoms with E-state index in [4.69, 9.17) is 10.5 Å². The molecule has 94 valence electrons. The summed E-state index contributed by atoms with van der Waals surface area (Å²) in [6, 6.07) is 10.3. The van der Waals surface area contributed by atoms with E-state index in [1.807, 2.05) is 12.1 Å². The van der Waals surface area contributed by atoms with Gasteiger partial charge in [0.15, 0.2) is 0 Å². The average molecular weight is 246 g/mol. The van der Waals surface area contributed by atoms with Gasteiger partial charge in [-0.25, -0.2) is 4.39 Å². The summed E-state index contributed by atoms with van der Waals surface area (Å²) in [5.74, 6) is -0.261. The highest BCUT2D eigenvalue weighted by Gasteiger charge is 2.11. The third kappa shape index (κ3) is 3.12. The highest BCUT2D eigenvalue weighted by molar-refractivity contribution is 5.17. The Labute approximate surface area is 105 Å². The molecule has 1 heterocycles. The largest absolute Gasteiger partial charge is 0.367 e. The number of halogens is 1. The van der Waals surface area contributed by atoms with E-state index in [9.17, 15) is 4.39 Å². The van der Waals surface area contributed by atoms with Crippen LogP contribution in [0.4, 0.5) is 4.39 Å². The van der Waals surface area contributed by atoms with Gasteiger partial charge in [0.1, 0.15) is 5.82 Å². The summed E-state index contributed by atoms with van der Waals surface area (Å²) < 4.78 is 19.1. The van der Waals surface area contributed by atoms with Crippen LogP contribution in [0.5, 0.6) is 0 Å². The lowest BCUT2D eigenvalue weighted by Crippen LogP contribution is -2.16. The Bertz CT molecular complexity index is 490. The van der Waals surface area contributed by atoms with Crippen molar-refractivity contribution < 1.29 is 9.13 Å². The van der Waals surface area contributed by atoms with E-state index in [1.165, 1.54) is 6.07 Å². The molecule has 0 saturated carbocycles. The number of pyridine rings is 1. The quantitative estimate of drug-likeness (QED) is 0.881. The van der Waals surface area contributed by atoms with Crippen molar-refractivity contribution in [1.82, 2.24) is 4.98 Å². The fourth-order valence-electron chi connectivity index (χ4n) is 1.68. The maximum Gasteiger partial charge on any atom is 0.128 e. The van der Waals surface area contributed by atoms with Gasteiger partial charge in [-0.2, -0.15) is 0 Å². The Morgan fingerprint density at radius 3 is 2.56 bits per heavy atom. The molecule has 0 aliphatic heterocycles. The molecule has 0 bridgehead atoms. The Morgan fingerprint density at radius 2 is 1.89 bits per heavy atom. The van der Waals surface area contributed by atoms with Crippen LogP contribution in [0.15, 0.2) is 48.8 Å². The molecule has 2 aromatic rings. The van der Waals surface area contributed by atoms with Gasteiger partial charge in [0.2, 0.25) is 0 Å². The molecule has 3 nitrogen and oxygen atoms in total. The van der Waals surface area contributed by atoms with Crippen LogP contribution in [0, 0.1) is 5.82 Å². The molecular formula is C14H15FN2O. The lowest BCUT2D eigenvalue weighted by Gasteiger charge is -2.16. The van der Waals surface area contributed by atoms with E-state index in [-0.39, 0.29) is 18.5 Å². The van der Waals surface area contributed by atoms with Crippen LogP contribution in [0.25, 0.3) is 0 Å². The number of nitrogens with two attached hydrogens (primary N) is 1. The molecule has 4 heteroatoms. The van der Waals surface area contributed by atoms with Gasteiger partial charge in [-0.05, 0) is 23.8 Å². The Hall–Kier alpha value is -1.78. The number of hydrogen-bond acceptors (Lipinski definition) is 3. The zero-order valence-corrected chi connectivity index (χ0v) is 9.92. The first-order valence-electron chi connectivity index (χ1n) is 5.76. The molecule has 1 aromatic carbocycles. The van der Waals surface area contributed by atoms with Crippen molar-refractivity contribution in [3.05, 3.63) is 65.7 Å². The molecule has 0 aliphatic rings. The van der Waals surface area contributed by atoms with Crippen molar-refractivity contribution in [3.8, 4) is 0 Å². The van der Waals surface area contributed by atoms with Crippen LogP contribution in [0.2, 0.25) is 0 Å². The molecule has 1 unspecified atom stereocenters. The van der Waals surface area contributed by atoms with Gasteiger partial charge in [-0.15, -0.1) is 0 Å². The first-order valence-corrected chi connectivity index (χ1v) is 5.76. The fraction of sp³-hybridized carbons (Fsp3) is 0.214. The van der Waals surface area contributed by atoms with E-state index < -0.39 is 0 Å². The molecule has 0 aliphatic carbocycles. The lowest BCUT2D eigenvalue weighted by molar-refractivity contribution is 0.0440. The van der Waals surface area contributed by atoms with E-state index in [0.717, 1.165) is 5.56 Å². The summed E-state index contributed by atoms with van der Waals surface area (Å²) in [6.07, 6.45) is 3.13. The van der Waals surface area contributed by atoms with Crippen LogP contribution in [-0.2, 0) is 11.3 Å². The molecular weight excluding hydrogens is 231 g/mol. The average Bonchev–Trinajstić information content (AvgIpc) is 2.42. The van der Waals surface area contributed by atoms with Crippen LogP contribution in [0.3, 0.4) is 0 Å². The van der Waals surface area contributed by atoms with Crippen molar-refractivity contribution in [2.24, 2.45) is 5.73 Å². The van der Waals surface area contributed by atoms with Crippen LogP contribution < -0.4 is 5.73 Å². The highest BCUT2D eigenvalue weighted by Crippen LogP contribution is 2.18. The first kappa shape index (κ1) is 12.7. The molecule has 1 aromatic heterocycles. The van der Waals surface area contributed by atoms with Crippen molar-refractivity contribution >= 4 is 0 Å². The SMILES string of the molecule is NCC(OCc1ccccc1F)c1ccncc1. The van der Waals surface area contributed by atoms with E-state index in [0.29, 0.717) is 12.1 Å². The minimum atomic E-state index is -0.261. The molecule has 0 radical (unpaired) electrons. The lowest BCUT2D eigenvalue weighted by atomic mass is 10.1. The summed E-state index contributed by atoms with van der Waals surface area (Å²) in [5.41, 5.74) is 7.15.